The molecule has 0 aromatic rings. The van der Waals surface area contributed by atoms with Crippen molar-refractivity contribution in [2.75, 3.05) is 6.54 Å². The second-order valence-corrected chi connectivity index (χ2v) is 4.52. The van der Waals surface area contributed by atoms with E-state index in [1.807, 2.05) is 34.6 Å². The van der Waals surface area contributed by atoms with Crippen LogP contribution < -0.4 is 0 Å². The normalized spacial score (nSPS) is 19.8. The topological polar surface area (TPSA) is 46.6 Å². The number of hydrogen-bond acceptors (Lipinski definition) is 3. The van der Waals surface area contributed by atoms with Gasteiger partial charge in [0.1, 0.15) is 11.9 Å². The van der Waals surface area contributed by atoms with E-state index in [9.17, 15) is 9.59 Å². The fraction of sp³-hybridized carbons (Fsp3) is 0.833. The molecule has 0 radical (unpaired) electrons. The molecule has 0 unspecified atom stereocenters. The zero-order valence-electron chi connectivity index (χ0n) is 10.9. The molecule has 1 aliphatic heterocycles. The Labute approximate surface area is 98.0 Å². The van der Waals surface area contributed by atoms with Gasteiger partial charge in [0, 0.05) is 6.54 Å². The van der Waals surface area contributed by atoms with Gasteiger partial charge < -0.3 is 9.53 Å². The third-order valence-electron chi connectivity index (χ3n) is 2.08. The van der Waals surface area contributed by atoms with Gasteiger partial charge in [-0.3, -0.25) is 4.90 Å². The number of aldehydes is 1. The lowest BCUT2D eigenvalue weighted by atomic mass is 10.2. The van der Waals surface area contributed by atoms with Crippen molar-refractivity contribution in [1.82, 2.24) is 4.90 Å². The molecule has 16 heavy (non-hydrogen) atoms. The summed E-state index contributed by atoms with van der Waals surface area (Å²) in [7, 11) is 0. The van der Waals surface area contributed by atoms with Crippen molar-refractivity contribution in [1.29, 1.82) is 0 Å². The Bertz CT molecular complexity index is 233. The third-order valence-corrected chi connectivity index (χ3v) is 2.08. The summed E-state index contributed by atoms with van der Waals surface area (Å²) in [6.07, 6.45) is 2.06. The maximum absolute atomic E-state index is 11.6. The number of nitrogens with zero attached hydrogens (tertiary/aromatic N) is 1. The molecule has 1 fully saturated rings. The van der Waals surface area contributed by atoms with Crippen molar-refractivity contribution in [2.45, 2.75) is 59.1 Å². The van der Waals surface area contributed by atoms with Crippen molar-refractivity contribution in [3.05, 3.63) is 0 Å². The van der Waals surface area contributed by atoms with Crippen molar-refractivity contribution >= 4 is 12.4 Å². The SMILES string of the molecule is CC.CC(C)(C)OC(=O)N1CCC[C@H]1C=O. The van der Waals surface area contributed by atoms with Crippen LogP contribution in [-0.4, -0.2) is 35.5 Å². The Morgan fingerprint density at radius 1 is 1.38 bits per heavy atom. The number of carbonyl (C=O) groups is 2. The molecule has 0 bridgehead atoms. The van der Waals surface area contributed by atoms with Gasteiger partial charge in [0.2, 0.25) is 0 Å². The van der Waals surface area contributed by atoms with Crippen LogP contribution in [0.2, 0.25) is 0 Å². The lowest BCUT2D eigenvalue weighted by Crippen LogP contribution is -2.40. The second-order valence-electron chi connectivity index (χ2n) is 4.52. The fourth-order valence-electron chi connectivity index (χ4n) is 1.48. The van der Waals surface area contributed by atoms with Crippen LogP contribution in [0.1, 0.15) is 47.5 Å². The monoisotopic (exact) mass is 229 g/mol. The molecule has 1 saturated heterocycles. The minimum Gasteiger partial charge on any atom is -0.444 e. The molecule has 0 N–H and O–H groups in total. The van der Waals surface area contributed by atoms with Crippen LogP contribution in [0.25, 0.3) is 0 Å². The van der Waals surface area contributed by atoms with Gasteiger partial charge in [-0.2, -0.15) is 0 Å². The first kappa shape index (κ1) is 14.9. The number of ether oxygens (including phenoxy) is 1. The average Bonchev–Trinajstić information content (AvgIpc) is 2.66. The van der Waals surface area contributed by atoms with Gasteiger partial charge in [0.05, 0.1) is 6.04 Å². The van der Waals surface area contributed by atoms with Crippen molar-refractivity contribution < 1.29 is 14.3 Å². The molecule has 94 valence electrons. The van der Waals surface area contributed by atoms with Crippen LogP contribution in [0, 0.1) is 0 Å². The Balaban J connectivity index is 0.00000106. The zero-order chi connectivity index (χ0) is 12.8. The Morgan fingerprint density at radius 3 is 2.38 bits per heavy atom. The highest BCUT2D eigenvalue weighted by Gasteiger charge is 2.31. The second kappa shape index (κ2) is 6.51. The molecule has 0 aromatic carbocycles. The average molecular weight is 229 g/mol. The summed E-state index contributed by atoms with van der Waals surface area (Å²) >= 11 is 0. The van der Waals surface area contributed by atoms with E-state index in [0.29, 0.717) is 6.54 Å². The van der Waals surface area contributed by atoms with Gasteiger partial charge in [-0.15, -0.1) is 0 Å². The van der Waals surface area contributed by atoms with E-state index in [4.69, 9.17) is 4.74 Å². The first-order chi connectivity index (χ1) is 7.44. The summed E-state index contributed by atoms with van der Waals surface area (Å²) in [5, 5.41) is 0. The summed E-state index contributed by atoms with van der Waals surface area (Å²) in [6.45, 7) is 10.1. The van der Waals surface area contributed by atoms with Crippen LogP contribution in [0.15, 0.2) is 0 Å². The van der Waals surface area contributed by atoms with E-state index < -0.39 is 5.60 Å². The minimum absolute atomic E-state index is 0.287. The molecular weight excluding hydrogens is 206 g/mol. The molecular formula is C12H23NO3. The zero-order valence-corrected chi connectivity index (χ0v) is 10.9. The smallest absolute Gasteiger partial charge is 0.410 e. The van der Waals surface area contributed by atoms with E-state index in [0.717, 1.165) is 19.1 Å². The van der Waals surface area contributed by atoms with Gasteiger partial charge in [0.25, 0.3) is 0 Å². The standard InChI is InChI=1S/C10H17NO3.C2H6/c1-10(2,3)14-9(13)11-6-4-5-8(11)7-12;1-2/h7-8H,4-6H2,1-3H3;1-2H3/t8-;/m0./s1. The van der Waals surface area contributed by atoms with E-state index in [-0.39, 0.29) is 12.1 Å². The van der Waals surface area contributed by atoms with Gasteiger partial charge in [-0.05, 0) is 33.6 Å². The first-order valence-corrected chi connectivity index (χ1v) is 5.89. The van der Waals surface area contributed by atoms with Gasteiger partial charge in [-0.25, -0.2) is 4.79 Å². The minimum atomic E-state index is -0.493. The number of amides is 1. The van der Waals surface area contributed by atoms with Crippen molar-refractivity contribution in [3.63, 3.8) is 0 Å². The first-order valence-electron chi connectivity index (χ1n) is 5.89. The maximum atomic E-state index is 11.6. The number of carbonyl (C=O) groups excluding carboxylic acids is 2. The number of rotatable bonds is 1. The maximum Gasteiger partial charge on any atom is 0.410 e. The lowest BCUT2D eigenvalue weighted by Gasteiger charge is -2.26. The number of hydrogen-bond donors (Lipinski definition) is 0. The van der Waals surface area contributed by atoms with Crippen molar-refractivity contribution in [2.24, 2.45) is 0 Å². The largest absolute Gasteiger partial charge is 0.444 e. The molecule has 0 aromatic heterocycles. The molecule has 1 rings (SSSR count). The molecule has 0 spiro atoms. The molecule has 4 heteroatoms. The Hall–Kier alpha value is -1.06. The third kappa shape index (κ3) is 4.64. The van der Waals surface area contributed by atoms with Crippen molar-refractivity contribution in [3.8, 4) is 0 Å². The van der Waals surface area contributed by atoms with Gasteiger partial charge in [0.15, 0.2) is 0 Å². The summed E-state index contributed by atoms with van der Waals surface area (Å²) in [5.74, 6) is 0. The lowest BCUT2D eigenvalue weighted by molar-refractivity contribution is -0.111. The molecule has 0 saturated carbocycles. The van der Waals surface area contributed by atoms with Gasteiger partial charge in [-0.1, -0.05) is 13.8 Å². The summed E-state index contributed by atoms with van der Waals surface area (Å²) in [6, 6.07) is -0.287. The van der Waals surface area contributed by atoms with E-state index in [1.54, 1.807) is 0 Å². The molecule has 1 heterocycles. The summed E-state index contributed by atoms with van der Waals surface area (Å²) in [5.41, 5.74) is -0.493. The quantitative estimate of drug-likeness (QED) is 0.649. The van der Waals surface area contributed by atoms with Crippen LogP contribution in [-0.2, 0) is 9.53 Å². The molecule has 0 aliphatic carbocycles. The molecule has 1 amide bonds. The highest BCUT2D eigenvalue weighted by Crippen LogP contribution is 2.19. The highest BCUT2D eigenvalue weighted by molar-refractivity contribution is 5.74. The molecule has 4 nitrogen and oxygen atoms in total. The highest BCUT2D eigenvalue weighted by atomic mass is 16.6. The van der Waals surface area contributed by atoms with Crippen LogP contribution in [0.5, 0.6) is 0 Å². The van der Waals surface area contributed by atoms with E-state index in [2.05, 4.69) is 0 Å². The molecule has 1 aliphatic rings. The van der Waals surface area contributed by atoms with Gasteiger partial charge >= 0.3 is 6.09 Å². The number of likely N-dealkylation sites (tertiary alicyclic amines) is 1. The van der Waals surface area contributed by atoms with Crippen LogP contribution >= 0.6 is 0 Å². The molecule has 1 atom stereocenters. The summed E-state index contributed by atoms with van der Waals surface area (Å²) in [4.78, 5) is 23.7. The van der Waals surface area contributed by atoms with E-state index >= 15 is 0 Å². The summed E-state index contributed by atoms with van der Waals surface area (Å²) < 4.78 is 5.18. The predicted molar refractivity (Wildman–Crippen MR) is 63.4 cm³/mol. The van der Waals surface area contributed by atoms with Crippen LogP contribution in [0.3, 0.4) is 0 Å². The van der Waals surface area contributed by atoms with Crippen LogP contribution in [0.4, 0.5) is 4.79 Å². The Kier molecular flexibility index (Phi) is 6.08. The Morgan fingerprint density at radius 2 is 1.94 bits per heavy atom. The fourth-order valence-corrected chi connectivity index (χ4v) is 1.48. The predicted octanol–water partition coefficient (Wildman–Crippen LogP) is 2.61. The van der Waals surface area contributed by atoms with E-state index in [1.165, 1.54) is 4.90 Å².